The molecule has 1 saturated heterocycles. The summed E-state index contributed by atoms with van der Waals surface area (Å²) in [4.78, 5) is 15.8. The molecule has 1 aliphatic rings. The predicted molar refractivity (Wildman–Crippen MR) is 73.1 cm³/mol. The fourth-order valence-electron chi connectivity index (χ4n) is 2.78. The molecule has 0 saturated carbocycles. The van der Waals surface area contributed by atoms with Crippen molar-refractivity contribution in [3.63, 3.8) is 0 Å². The highest BCUT2D eigenvalue weighted by atomic mass is 15.2. The average molecular weight is 257 g/mol. The van der Waals surface area contributed by atoms with Gasteiger partial charge < -0.3 is 0 Å². The summed E-state index contributed by atoms with van der Waals surface area (Å²) in [6.07, 6.45) is 7.81. The Bertz CT molecular complexity index is 549. The molecular formula is C14H19N5. The second-order valence-electron chi connectivity index (χ2n) is 4.99. The highest BCUT2D eigenvalue weighted by Gasteiger charge is 2.26. The van der Waals surface area contributed by atoms with E-state index < -0.39 is 0 Å². The van der Waals surface area contributed by atoms with E-state index in [-0.39, 0.29) is 0 Å². The van der Waals surface area contributed by atoms with Crippen molar-refractivity contribution in [2.45, 2.75) is 32.7 Å². The van der Waals surface area contributed by atoms with Crippen LogP contribution in [0.25, 0.3) is 5.95 Å². The van der Waals surface area contributed by atoms with Gasteiger partial charge in [-0.25, -0.2) is 15.0 Å². The van der Waals surface area contributed by atoms with Crippen molar-refractivity contribution in [2.24, 2.45) is 0 Å². The Labute approximate surface area is 113 Å². The van der Waals surface area contributed by atoms with Crippen molar-refractivity contribution in [3.8, 4) is 5.95 Å². The first-order valence-electron chi connectivity index (χ1n) is 6.86. The molecule has 5 nitrogen and oxygen atoms in total. The van der Waals surface area contributed by atoms with E-state index in [4.69, 9.17) is 4.98 Å². The molecule has 0 N–H and O–H groups in total. The van der Waals surface area contributed by atoms with Crippen molar-refractivity contribution in [3.05, 3.63) is 36.2 Å². The van der Waals surface area contributed by atoms with Crippen LogP contribution in [-0.2, 0) is 0 Å². The smallest absolute Gasteiger partial charge is 0.235 e. The van der Waals surface area contributed by atoms with Gasteiger partial charge in [0.1, 0.15) is 6.33 Å². The maximum atomic E-state index is 4.73. The van der Waals surface area contributed by atoms with Gasteiger partial charge in [-0.2, -0.15) is 0 Å². The minimum absolute atomic E-state index is 0.439. The molecule has 5 heteroatoms. The van der Waals surface area contributed by atoms with Gasteiger partial charge >= 0.3 is 0 Å². The monoisotopic (exact) mass is 257 g/mol. The summed E-state index contributed by atoms with van der Waals surface area (Å²) >= 11 is 0. The lowest BCUT2D eigenvalue weighted by molar-refractivity contribution is 0.266. The lowest BCUT2D eigenvalue weighted by Crippen LogP contribution is -2.24. The third kappa shape index (κ3) is 2.38. The first kappa shape index (κ1) is 12.3. The molecule has 0 spiro atoms. The number of likely N-dealkylation sites (tertiary alicyclic amines) is 1. The van der Waals surface area contributed by atoms with Crippen molar-refractivity contribution in [2.75, 3.05) is 13.1 Å². The largest absolute Gasteiger partial charge is 0.295 e. The van der Waals surface area contributed by atoms with Gasteiger partial charge in [0.2, 0.25) is 5.95 Å². The number of nitrogens with zero attached hydrogens (tertiary/aromatic N) is 5. The Morgan fingerprint density at radius 3 is 3.00 bits per heavy atom. The summed E-state index contributed by atoms with van der Waals surface area (Å²) in [5.74, 6) is 0.718. The molecule has 19 heavy (non-hydrogen) atoms. The van der Waals surface area contributed by atoms with E-state index in [2.05, 4.69) is 27.9 Å². The van der Waals surface area contributed by atoms with Gasteiger partial charge in [0.25, 0.3) is 0 Å². The topological polar surface area (TPSA) is 46.8 Å². The maximum Gasteiger partial charge on any atom is 0.235 e. The van der Waals surface area contributed by atoms with Crippen molar-refractivity contribution in [1.82, 2.24) is 24.4 Å². The molecule has 3 heterocycles. The van der Waals surface area contributed by atoms with Crippen LogP contribution in [0.3, 0.4) is 0 Å². The van der Waals surface area contributed by atoms with Gasteiger partial charge in [0, 0.05) is 18.1 Å². The van der Waals surface area contributed by atoms with E-state index in [9.17, 15) is 0 Å². The Kier molecular flexibility index (Phi) is 3.29. The van der Waals surface area contributed by atoms with Crippen molar-refractivity contribution >= 4 is 0 Å². The third-order valence-electron chi connectivity index (χ3n) is 3.71. The zero-order valence-electron chi connectivity index (χ0n) is 11.5. The standard InChI is InChI=1S/C14H19N5/c1-3-18-7-4-5-13(18)12-9-11(2)16-14(17-12)19-8-6-15-10-19/h6,8-10,13H,3-5,7H2,1-2H3. The van der Waals surface area contributed by atoms with Crippen LogP contribution in [0.4, 0.5) is 0 Å². The molecule has 1 atom stereocenters. The molecule has 0 aliphatic carbocycles. The minimum Gasteiger partial charge on any atom is -0.295 e. The summed E-state index contributed by atoms with van der Waals surface area (Å²) in [6.45, 7) is 6.48. The maximum absolute atomic E-state index is 4.73. The number of hydrogen-bond acceptors (Lipinski definition) is 4. The molecule has 0 aromatic carbocycles. The predicted octanol–water partition coefficient (Wildman–Crippen LogP) is 2.13. The fourth-order valence-corrected chi connectivity index (χ4v) is 2.78. The third-order valence-corrected chi connectivity index (χ3v) is 3.71. The van der Waals surface area contributed by atoms with Gasteiger partial charge in [-0.3, -0.25) is 9.47 Å². The van der Waals surface area contributed by atoms with Gasteiger partial charge in [0.05, 0.1) is 11.7 Å². The van der Waals surface area contributed by atoms with E-state index in [1.54, 1.807) is 12.5 Å². The van der Waals surface area contributed by atoms with Gasteiger partial charge in [-0.15, -0.1) is 0 Å². The molecule has 2 aromatic rings. The van der Waals surface area contributed by atoms with Crippen LogP contribution in [-0.4, -0.2) is 37.5 Å². The van der Waals surface area contributed by atoms with E-state index in [0.29, 0.717) is 6.04 Å². The summed E-state index contributed by atoms with van der Waals surface area (Å²) in [6, 6.07) is 2.55. The Morgan fingerprint density at radius 2 is 2.26 bits per heavy atom. The molecule has 1 fully saturated rings. The number of hydrogen-bond donors (Lipinski definition) is 0. The molecule has 1 unspecified atom stereocenters. The first-order valence-corrected chi connectivity index (χ1v) is 6.86. The highest BCUT2D eigenvalue weighted by Crippen LogP contribution is 2.30. The van der Waals surface area contributed by atoms with E-state index in [1.807, 2.05) is 17.7 Å². The second-order valence-corrected chi connectivity index (χ2v) is 4.99. The van der Waals surface area contributed by atoms with Crippen LogP contribution < -0.4 is 0 Å². The molecular weight excluding hydrogens is 238 g/mol. The Hall–Kier alpha value is -1.75. The van der Waals surface area contributed by atoms with Gasteiger partial charge in [-0.05, 0) is 38.9 Å². The second kappa shape index (κ2) is 5.09. The highest BCUT2D eigenvalue weighted by molar-refractivity contribution is 5.21. The van der Waals surface area contributed by atoms with Crippen LogP contribution in [0.5, 0.6) is 0 Å². The average Bonchev–Trinajstić information content (AvgIpc) is 3.09. The summed E-state index contributed by atoms with van der Waals surface area (Å²) in [5, 5.41) is 0. The van der Waals surface area contributed by atoms with E-state index >= 15 is 0 Å². The normalized spacial score (nSPS) is 20.0. The quantitative estimate of drug-likeness (QED) is 0.845. The van der Waals surface area contributed by atoms with Crippen LogP contribution >= 0.6 is 0 Å². The fraction of sp³-hybridized carbons (Fsp3) is 0.500. The molecule has 1 aliphatic heterocycles. The van der Waals surface area contributed by atoms with Crippen molar-refractivity contribution in [1.29, 1.82) is 0 Å². The van der Waals surface area contributed by atoms with Crippen LogP contribution in [0.15, 0.2) is 24.8 Å². The minimum atomic E-state index is 0.439. The zero-order chi connectivity index (χ0) is 13.2. The van der Waals surface area contributed by atoms with Gasteiger partial charge in [0.15, 0.2) is 0 Å². The van der Waals surface area contributed by atoms with Crippen LogP contribution in [0.1, 0.15) is 37.2 Å². The molecule has 0 amide bonds. The Balaban J connectivity index is 1.98. The van der Waals surface area contributed by atoms with Crippen LogP contribution in [0.2, 0.25) is 0 Å². The first-order chi connectivity index (χ1) is 9.28. The van der Waals surface area contributed by atoms with Crippen LogP contribution in [0, 0.1) is 6.92 Å². The number of aromatic nitrogens is 4. The summed E-state index contributed by atoms with van der Waals surface area (Å²) < 4.78 is 1.86. The van der Waals surface area contributed by atoms with Gasteiger partial charge in [-0.1, -0.05) is 6.92 Å². The lowest BCUT2D eigenvalue weighted by atomic mass is 10.1. The molecule has 0 bridgehead atoms. The zero-order valence-corrected chi connectivity index (χ0v) is 11.5. The number of aryl methyl sites for hydroxylation is 1. The number of imidazole rings is 1. The molecule has 0 radical (unpaired) electrons. The van der Waals surface area contributed by atoms with E-state index in [0.717, 1.165) is 23.9 Å². The summed E-state index contributed by atoms with van der Waals surface area (Å²) in [7, 11) is 0. The Morgan fingerprint density at radius 1 is 1.37 bits per heavy atom. The van der Waals surface area contributed by atoms with Crippen molar-refractivity contribution < 1.29 is 0 Å². The molecule has 100 valence electrons. The SMILES string of the molecule is CCN1CCCC1c1cc(C)nc(-n2ccnc2)n1. The molecule has 3 rings (SSSR count). The lowest BCUT2D eigenvalue weighted by Gasteiger charge is -2.22. The summed E-state index contributed by atoms with van der Waals surface area (Å²) in [5.41, 5.74) is 2.15. The molecule has 2 aromatic heterocycles. The number of rotatable bonds is 3. The van der Waals surface area contributed by atoms with E-state index in [1.165, 1.54) is 19.4 Å².